The average Bonchev–Trinajstić information content (AvgIpc) is 3.09. The molecule has 1 heterocycles. The Bertz CT molecular complexity index is 1130. The lowest BCUT2D eigenvalue weighted by Gasteiger charge is -2.17. The second-order valence-corrected chi connectivity index (χ2v) is 7.97. The molecule has 0 spiro atoms. The number of sulfonamides is 1. The van der Waals surface area contributed by atoms with Gasteiger partial charge in [-0.1, -0.05) is 11.6 Å². The van der Waals surface area contributed by atoms with Gasteiger partial charge in [0.25, 0.3) is 15.9 Å². The predicted molar refractivity (Wildman–Crippen MR) is 104 cm³/mol. The molecular weight excluding hydrogens is 465 g/mol. The fourth-order valence-electron chi connectivity index (χ4n) is 2.39. The third-order valence-electron chi connectivity index (χ3n) is 3.85. The number of hydrogen-bond donors (Lipinski definition) is 4. The van der Waals surface area contributed by atoms with E-state index in [4.69, 9.17) is 11.6 Å². The number of nitrogens with zero attached hydrogens (tertiary/aromatic N) is 2. The third-order valence-corrected chi connectivity index (χ3v) is 5.61. The first-order valence-corrected chi connectivity index (χ1v) is 10.1. The van der Waals surface area contributed by atoms with Crippen LogP contribution in [0.3, 0.4) is 0 Å². The molecule has 166 valence electrons. The molecule has 0 aromatic heterocycles. The molecule has 2 aromatic carbocycles. The third kappa shape index (κ3) is 5.10. The van der Waals surface area contributed by atoms with E-state index in [1.165, 1.54) is 12.1 Å². The van der Waals surface area contributed by atoms with Crippen molar-refractivity contribution in [3.05, 3.63) is 52.8 Å². The largest absolute Gasteiger partial charge is 0.433 e. The second kappa shape index (κ2) is 8.87. The molecule has 0 saturated carbocycles. The highest BCUT2D eigenvalue weighted by Gasteiger charge is 2.26. The van der Waals surface area contributed by atoms with E-state index in [2.05, 4.69) is 26.2 Å². The van der Waals surface area contributed by atoms with Gasteiger partial charge in [0.15, 0.2) is 5.75 Å². The minimum Gasteiger partial charge on any atom is -0.433 e. The zero-order valence-corrected chi connectivity index (χ0v) is 17.1. The Morgan fingerprint density at radius 3 is 2.48 bits per heavy atom. The number of rotatable bonds is 6. The Kier molecular flexibility index (Phi) is 6.42. The van der Waals surface area contributed by atoms with Gasteiger partial charge in [-0.25, -0.2) is 18.3 Å². The molecule has 15 heteroatoms. The summed E-state index contributed by atoms with van der Waals surface area (Å²) in [6, 6.07) is 5.75. The molecule has 4 N–H and O–H groups in total. The number of anilines is 1. The van der Waals surface area contributed by atoms with E-state index in [0.717, 1.165) is 36.4 Å². The van der Waals surface area contributed by atoms with Crippen molar-refractivity contribution >= 4 is 39.2 Å². The van der Waals surface area contributed by atoms with Crippen LogP contribution in [0.2, 0.25) is 5.02 Å². The molecule has 31 heavy (non-hydrogen) atoms. The summed E-state index contributed by atoms with van der Waals surface area (Å²) in [6.07, 6.45) is 0. The number of guanidine groups is 1. The number of carbonyl (C=O) groups excluding carboxylic acids is 1. The Morgan fingerprint density at radius 1 is 1.23 bits per heavy atom. The fourth-order valence-corrected chi connectivity index (χ4v) is 3.82. The SMILES string of the molecule is CN1NNN=C1NC(=O)c1ccc(OC(F)F)c(NS(=O)(=O)c2ccc(F)cc2)c1Cl. The molecule has 0 radical (unpaired) electrons. The van der Waals surface area contributed by atoms with Gasteiger partial charge in [-0.15, -0.1) is 10.6 Å². The Labute approximate surface area is 179 Å². The van der Waals surface area contributed by atoms with Gasteiger partial charge in [0.05, 0.1) is 15.5 Å². The van der Waals surface area contributed by atoms with Crippen LogP contribution < -0.4 is 25.8 Å². The highest BCUT2D eigenvalue weighted by Crippen LogP contribution is 2.37. The van der Waals surface area contributed by atoms with Gasteiger partial charge in [-0.3, -0.25) is 19.8 Å². The normalized spacial score (nSPS) is 13.6. The summed E-state index contributed by atoms with van der Waals surface area (Å²) in [5.74, 6) is -2.06. The minimum absolute atomic E-state index is 0.0578. The minimum atomic E-state index is -4.39. The molecule has 1 amide bonds. The van der Waals surface area contributed by atoms with E-state index >= 15 is 0 Å². The molecule has 1 aliphatic heterocycles. The van der Waals surface area contributed by atoms with Gasteiger partial charge in [0.1, 0.15) is 11.5 Å². The first-order chi connectivity index (χ1) is 14.6. The predicted octanol–water partition coefficient (Wildman–Crippen LogP) is 1.84. The number of hydrazone groups is 1. The maximum absolute atomic E-state index is 13.1. The van der Waals surface area contributed by atoms with E-state index < -0.39 is 44.8 Å². The molecule has 0 atom stereocenters. The molecule has 10 nitrogen and oxygen atoms in total. The smallest absolute Gasteiger partial charge is 0.387 e. The molecule has 2 aromatic rings. The van der Waals surface area contributed by atoms with E-state index in [0.29, 0.717) is 0 Å². The van der Waals surface area contributed by atoms with Crippen LogP contribution in [0, 0.1) is 5.82 Å². The second-order valence-electron chi connectivity index (χ2n) is 5.91. The summed E-state index contributed by atoms with van der Waals surface area (Å²) in [4.78, 5) is 12.2. The fraction of sp³-hybridized carbons (Fsp3) is 0.125. The number of halogens is 4. The number of nitrogens with one attached hydrogen (secondary N) is 4. The summed E-state index contributed by atoms with van der Waals surface area (Å²) in [5, 5.41) is 6.94. The molecule has 0 aliphatic carbocycles. The van der Waals surface area contributed by atoms with Crippen LogP contribution in [0.5, 0.6) is 5.75 Å². The van der Waals surface area contributed by atoms with E-state index in [1.54, 1.807) is 0 Å². The van der Waals surface area contributed by atoms with Crippen molar-refractivity contribution in [3.63, 3.8) is 0 Å². The Morgan fingerprint density at radius 2 is 1.90 bits per heavy atom. The average molecular weight is 479 g/mol. The zero-order valence-electron chi connectivity index (χ0n) is 15.5. The summed E-state index contributed by atoms with van der Waals surface area (Å²) in [5.41, 5.74) is 4.07. The van der Waals surface area contributed by atoms with Crippen LogP contribution in [0.25, 0.3) is 0 Å². The lowest BCUT2D eigenvalue weighted by molar-refractivity contribution is -0.0493. The topological polar surface area (TPSA) is 124 Å². The van der Waals surface area contributed by atoms with Gasteiger partial charge < -0.3 is 4.74 Å². The number of carbonyl (C=O) groups is 1. The molecular formula is C16H14ClF3N6O4S. The Hall–Kier alpha value is -3.23. The summed E-state index contributed by atoms with van der Waals surface area (Å²) in [6.45, 7) is -3.30. The summed E-state index contributed by atoms with van der Waals surface area (Å²) in [7, 11) is -2.86. The van der Waals surface area contributed by atoms with Crippen molar-refractivity contribution < 1.29 is 31.1 Å². The van der Waals surface area contributed by atoms with Crippen LogP contribution >= 0.6 is 11.6 Å². The monoisotopic (exact) mass is 478 g/mol. The lowest BCUT2D eigenvalue weighted by atomic mass is 10.1. The van der Waals surface area contributed by atoms with Crippen molar-refractivity contribution in [2.75, 3.05) is 11.8 Å². The van der Waals surface area contributed by atoms with Crippen molar-refractivity contribution in [1.29, 1.82) is 0 Å². The van der Waals surface area contributed by atoms with Crippen LogP contribution in [0.15, 0.2) is 46.4 Å². The molecule has 0 saturated heterocycles. The molecule has 3 rings (SSSR count). The maximum Gasteiger partial charge on any atom is 0.387 e. The highest BCUT2D eigenvalue weighted by atomic mass is 35.5. The van der Waals surface area contributed by atoms with Crippen LogP contribution in [-0.2, 0) is 10.0 Å². The van der Waals surface area contributed by atoms with Crippen molar-refractivity contribution in [1.82, 2.24) is 21.4 Å². The van der Waals surface area contributed by atoms with E-state index in [-0.39, 0.29) is 16.4 Å². The molecule has 1 aliphatic rings. The first kappa shape index (κ1) is 22.5. The maximum atomic E-state index is 13.1. The van der Waals surface area contributed by atoms with Gasteiger partial charge in [-0.2, -0.15) is 8.78 Å². The Balaban J connectivity index is 1.99. The van der Waals surface area contributed by atoms with Gasteiger partial charge in [0, 0.05) is 7.05 Å². The zero-order chi connectivity index (χ0) is 22.8. The quantitative estimate of drug-likeness (QED) is 0.499. The number of hydrazine groups is 2. The number of alkyl halides is 2. The van der Waals surface area contributed by atoms with Crippen molar-refractivity contribution in [2.24, 2.45) is 5.10 Å². The molecule has 0 bridgehead atoms. The number of ether oxygens (including phenoxy) is 1. The van der Waals surface area contributed by atoms with Gasteiger partial charge in [-0.05, 0) is 36.4 Å². The molecule has 0 unspecified atom stereocenters. The van der Waals surface area contributed by atoms with Crippen LogP contribution in [0.1, 0.15) is 10.4 Å². The first-order valence-electron chi connectivity index (χ1n) is 8.27. The van der Waals surface area contributed by atoms with E-state index in [9.17, 15) is 26.4 Å². The number of benzene rings is 2. The molecule has 0 fully saturated rings. The standard InChI is InChI=1S/C16H14ClF3N6O4S/c1-26-16(22-24-25-26)21-14(27)10-6-7-11(30-15(19)20)13(12(10)17)23-31(28,29)9-4-2-8(18)3-5-9/h2-7,15,23-25H,1H3,(H,21,22,27). The number of hydrogen-bond acceptors (Lipinski definition) is 8. The van der Waals surface area contributed by atoms with Gasteiger partial charge in [0.2, 0.25) is 5.96 Å². The van der Waals surface area contributed by atoms with E-state index in [1.807, 2.05) is 4.72 Å². The number of amides is 1. The van der Waals surface area contributed by atoms with Crippen LogP contribution in [-0.4, -0.2) is 39.0 Å². The van der Waals surface area contributed by atoms with Gasteiger partial charge >= 0.3 is 6.61 Å². The summed E-state index contributed by atoms with van der Waals surface area (Å²) >= 11 is 6.18. The van der Waals surface area contributed by atoms with Crippen LogP contribution in [0.4, 0.5) is 18.9 Å². The van der Waals surface area contributed by atoms with Crippen molar-refractivity contribution in [3.8, 4) is 5.75 Å². The van der Waals surface area contributed by atoms with Crippen molar-refractivity contribution in [2.45, 2.75) is 11.5 Å². The lowest BCUT2D eigenvalue weighted by Crippen LogP contribution is -2.45. The summed E-state index contributed by atoms with van der Waals surface area (Å²) < 4.78 is 70.3. The highest BCUT2D eigenvalue weighted by molar-refractivity contribution is 7.92.